The average molecular weight is 344 g/mol. The van der Waals surface area contributed by atoms with Crippen LogP contribution in [0.1, 0.15) is 37.7 Å². The van der Waals surface area contributed by atoms with Crippen LogP contribution in [-0.4, -0.2) is 11.9 Å². The maximum absolute atomic E-state index is 13.6. The van der Waals surface area contributed by atoms with E-state index in [0.29, 0.717) is 18.9 Å². The Bertz CT molecular complexity index is 704. The summed E-state index contributed by atoms with van der Waals surface area (Å²) in [5.41, 5.74) is -2.05. The Kier molecular flexibility index (Phi) is 5.54. The lowest BCUT2D eigenvalue weighted by atomic mass is 9.95. The Morgan fingerprint density at radius 1 is 0.958 bits per heavy atom. The van der Waals surface area contributed by atoms with Crippen molar-refractivity contribution in [2.75, 3.05) is 0 Å². The first-order valence-electron chi connectivity index (χ1n) is 7.31. The maximum atomic E-state index is 13.6. The Morgan fingerprint density at radius 3 is 1.96 bits per heavy atom. The van der Waals surface area contributed by atoms with Crippen LogP contribution in [0, 0.1) is 40.4 Å². The zero-order chi connectivity index (χ0) is 17.9. The van der Waals surface area contributed by atoms with Gasteiger partial charge in [-0.2, -0.15) is 5.26 Å². The van der Waals surface area contributed by atoms with E-state index in [2.05, 4.69) is 5.32 Å². The summed E-state index contributed by atoms with van der Waals surface area (Å²) in [6.07, 6.45) is 4.59. The second-order valence-electron chi connectivity index (χ2n) is 5.46. The van der Waals surface area contributed by atoms with E-state index in [-0.39, 0.29) is 6.04 Å². The zero-order valence-electron chi connectivity index (χ0n) is 12.4. The lowest BCUT2D eigenvalue weighted by Crippen LogP contribution is -2.36. The molecule has 0 aromatic heterocycles. The smallest absolute Gasteiger partial charge is 0.262 e. The fourth-order valence-corrected chi connectivity index (χ4v) is 2.55. The lowest BCUT2D eigenvalue weighted by molar-refractivity contribution is -0.117. The molecule has 1 fully saturated rings. The number of carbonyl (C=O) groups is 1. The van der Waals surface area contributed by atoms with Crippen molar-refractivity contribution in [1.29, 1.82) is 5.26 Å². The van der Waals surface area contributed by atoms with Crippen molar-refractivity contribution in [3.05, 3.63) is 40.2 Å². The summed E-state index contributed by atoms with van der Waals surface area (Å²) in [5, 5.41) is 11.5. The molecule has 0 saturated heterocycles. The van der Waals surface area contributed by atoms with Crippen molar-refractivity contribution in [1.82, 2.24) is 5.32 Å². The molecule has 0 aliphatic heterocycles. The Labute approximate surface area is 134 Å². The van der Waals surface area contributed by atoms with E-state index in [1.54, 1.807) is 0 Å². The summed E-state index contributed by atoms with van der Waals surface area (Å²) in [6.45, 7) is 0. The molecule has 0 radical (unpaired) electrons. The van der Waals surface area contributed by atoms with Gasteiger partial charge in [-0.05, 0) is 18.9 Å². The predicted molar refractivity (Wildman–Crippen MR) is 74.8 cm³/mol. The molecule has 1 aliphatic carbocycles. The average Bonchev–Trinajstić information content (AvgIpc) is 2.59. The molecule has 2 rings (SSSR count). The van der Waals surface area contributed by atoms with E-state index < -0.39 is 46.1 Å². The van der Waals surface area contributed by atoms with Crippen molar-refractivity contribution in [3.8, 4) is 6.07 Å². The van der Waals surface area contributed by atoms with E-state index in [9.17, 15) is 26.7 Å². The number of nitrogens with zero attached hydrogens (tertiary/aromatic N) is 1. The van der Waals surface area contributed by atoms with Gasteiger partial charge < -0.3 is 5.32 Å². The van der Waals surface area contributed by atoms with Gasteiger partial charge in [-0.25, -0.2) is 22.0 Å². The molecule has 24 heavy (non-hydrogen) atoms. The molecule has 3 nitrogen and oxygen atoms in total. The fraction of sp³-hybridized carbons (Fsp3) is 0.375. The molecule has 0 atom stereocenters. The highest BCUT2D eigenvalue weighted by molar-refractivity contribution is 6.01. The molecular weight excluding hydrogens is 331 g/mol. The maximum Gasteiger partial charge on any atom is 0.262 e. The summed E-state index contributed by atoms with van der Waals surface area (Å²) < 4.78 is 66.5. The molecule has 1 saturated carbocycles. The van der Waals surface area contributed by atoms with E-state index in [1.807, 2.05) is 0 Å². The molecule has 1 aromatic carbocycles. The van der Waals surface area contributed by atoms with Crippen molar-refractivity contribution >= 4 is 12.0 Å². The molecule has 128 valence electrons. The summed E-state index contributed by atoms with van der Waals surface area (Å²) in [4.78, 5) is 12.0. The number of nitriles is 1. The van der Waals surface area contributed by atoms with Crippen molar-refractivity contribution in [3.63, 3.8) is 0 Å². The SMILES string of the molecule is N#CC(=Cc1c(F)c(F)c(F)c(F)c1F)C(=O)NC1CCCCC1. The van der Waals surface area contributed by atoms with E-state index in [4.69, 9.17) is 5.26 Å². The van der Waals surface area contributed by atoms with Crippen LogP contribution >= 0.6 is 0 Å². The third kappa shape index (κ3) is 3.55. The first-order valence-corrected chi connectivity index (χ1v) is 7.31. The monoisotopic (exact) mass is 344 g/mol. The zero-order valence-corrected chi connectivity index (χ0v) is 12.4. The van der Waals surface area contributed by atoms with Gasteiger partial charge in [0.05, 0.1) is 5.56 Å². The fourth-order valence-electron chi connectivity index (χ4n) is 2.55. The number of hydrogen-bond acceptors (Lipinski definition) is 2. The number of rotatable bonds is 3. The molecule has 0 unspecified atom stereocenters. The number of hydrogen-bond donors (Lipinski definition) is 1. The van der Waals surface area contributed by atoms with Crippen LogP contribution in [-0.2, 0) is 4.79 Å². The molecule has 1 amide bonds. The topological polar surface area (TPSA) is 52.9 Å². The quantitative estimate of drug-likeness (QED) is 0.299. The van der Waals surface area contributed by atoms with Gasteiger partial charge in [-0.1, -0.05) is 19.3 Å². The number of amides is 1. The first kappa shape index (κ1) is 17.9. The minimum absolute atomic E-state index is 0.181. The van der Waals surface area contributed by atoms with Gasteiger partial charge in [0.25, 0.3) is 5.91 Å². The van der Waals surface area contributed by atoms with Crippen molar-refractivity contribution in [2.24, 2.45) is 0 Å². The minimum atomic E-state index is -2.30. The lowest BCUT2D eigenvalue weighted by Gasteiger charge is -2.22. The molecule has 8 heteroatoms. The summed E-state index contributed by atoms with van der Waals surface area (Å²) in [7, 11) is 0. The summed E-state index contributed by atoms with van der Waals surface area (Å²) >= 11 is 0. The van der Waals surface area contributed by atoms with Crippen LogP contribution in [0.5, 0.6) is 0 Å². The molecule has 0 heterocycles. The van der Waals surface area contributed by atoms with Gasteiger partial charge in [0.1, 0.15) is 11.6 Å². The normalized spacial score (nSPS) is 15.9. The minimum Gasteiger partial charge on any atom is -0.349 e. The Balaban J connectivity index is 2.34. The van der Waals surface area contributed by atoms with E-state index >= 15 is 0 Å². The Morgan fingerprint density at radius 2 is 1.46 bits per heavy atom. The van der Waals surface area contributed by atoms with E-state index in [1.165, 1.54) is 6.07 Å². The van der Waals surface area contributed by atoms with Gasteiger partial charge in [0.2, 0.25) is 5.82 Å². The van der Waals surface area contributed by atoms with Gasteiger partial charge in [-0.15, -0.1) is 0 Å². The van der Waals surface area contributed by atoms with Gasteiger partial charge in [0.15, 0.2) is 23.3 Å². The van der Waals surface area contributed by atoms with Crippen molar-refractivity contribution < 1.29 is 26.7 Å². The highest BCUT2D eigenvalue weighted by Crippen LogP contribution is 2.25. The number of nitrogens with one attached hydrogen (secondary N) is 1. The second kappa shape index (κ2) is 7.43. The standard InChI is InChI=1S/C16H13F5N2O/c17-11-10(12(18)14(20)15(21)13(11)19)6-8(7-22)16(24)23-9-4-2-1-3-5-9/h6,9H,1-5H2,(H,23,24). The van der Waals surface area contributed by atoms with Crippen LogP contribution < -0.4 is 5.32 Å². The van der Waals surface area contributed by atoms with Crippen LogP contribution in [0.4, 0.5) is 22.0 Å². The second-order valence-corrected chi connectivity index (χ2v) is 5.46. The molecule has 1 N–H and O–H groups in total. The van der Waals surface area contributed by atoms with Crippen LogP contribution in [0.25, 0.3) is 6.08 Å². The molecule has 0 bridgehead atoms. The third-order valence-corrected chi connectivity index (χ3v) is 3.84. The van der Waals surface area contributed by atoms with Crippen LogP contribution in [0.3, 0.4) is 0 Å². The molecular formula is C16H13F5N2O. The summed E-state index contributed by atoms with van der Waals surface area (Å²) in [6, 6.07) is 1.24. The molecule has 1 aliphatic rings. The van der Waals surface area contributed by atoms with Crippen LogP contribution in [0.15, 0.2) is 5.57 Å². The van der Waals surface area contributed by atoms with Crippen molar-refractivity contribution in [2.45, 2.75) is 38.1 Å². The number of carbonyl (C=O) groups excluding carboxylic acids is 1. The summed E-state index contributed by atoms with van der Waals surface area (Å²) in [5.74, 6) is -11.7. The number of benzene rings is 1. The highest BCUT2D eigenvalue weighted by Gasteiger charge is 2.26. The molecule has 0 spiro atoms. The first-order chi connectivity index (χ1) is 11.4. The Hall–Kier alpha value is -2.43. The van der Waals surface area contributed by atoms with Gasteiger partial charge in [-0.3, -0.25) is 4.79 Å². The predicted octanol–water partition coefficient (Wildman–Crippen LogP) is 3.74. The third-order valence-electron chi connectivity index (χ3n) is 3.84. The van der Waals surface area contributed by atoms with Gasteiger partial charge >= 0.3 is 0 Å². The molecule has 1 aromatic rings. The number of halogens is 5. The highest BCUT2D eigenvalue weighted by atomic mass is 19.2. The van der Waals surface area contributed by atoms with E-state index in [0.717, 1.165) is 19.3 Å². The van der Waals surface area contributed by atoms with Crippen LogP contribution in [0.2, 0.25) is 0 Å². The van der Waals surface area contributed by atoms with Gasteiger partial charge in [0, 0.05) is 6.04 Å². The largest absolute Gasteiger partial charge is 0.349 e.